The van der Waals surface area contributed by atoms with Gasteiger partial charge in [0, 0.05) is 38.9 Å². The molecule has 3 aliphatic rings. The van der Waals surface area contributed by atoms with Crippen LogP contribution in [-0.4, -0.2) is 36.5 Å². The van der Waals surface area contributed by atoms with E-state index in [9.17, 15) is 18.8 Å². The van der Waals surface area contributed by atoms with E-state index in [1.54, 1.807) is 91.0 Å². The van der Waals surface area contributed by atoms with E-state index in [0.717, 1.165) is 0 Å². The van der Waals surface area contributed by atoms with Crippen LogP contribution in [0.25, 0.3) is 6.08 Å². The van der Waals surface area contributed by atoms with E-state index in [2.05, 4.69) is 0 Å². The van der Waals surface area contributed by atoms with Gasteiger partial charge in [0.25, 0.3) is 0 Å². The minimum atomic E-state index is -1.68. The predicted molar refractivity (Wildman–Crippen MR) is 155 cm³/mol. The SMILES string of the molecule is COc1cccc(C(=O)[C@@H]2[C@H](c3ccccc3Cl)C3(C(=O)c4ccccc4C3=O)[C@@H]3C=Cc4cc(F)ccc4N23)c1. The van der Waals surface area contributed by atoms with Gasteiger partial charge in [0.1, 0.15) is 23.0 Å². The van der Waals surface area contributed by atoms with E-state index in [-0.39, 0.29) is 17.3 Å². The van der Waals surface area contributed by atoms with Gasteiger partial charge in [0.15, 0.2) is 17.3 Å². The van der Waals surface area contributed by atoms with Gasteiger partial charge in [-0.3, -0.25) is 14.4 Å². The number of hydrogen-bond donors (Lipinski definition) is 0. The summed E-state index contributed by atoms with van der Waals surface area (Å²) in [7, 11) is 1.52. The number of ether oxygens (including phenoxy) is 1. The molecule has 2 heterocycles. The molecule has 3 atom stereocenters. The van der Waals surface area contributed by atoms with Crippen molar-refractivity contribution in [3.63, 3.8) is 0 Å². The number of hydrogen-bond acceptors (Lipinski definition) is 5. The molecule has 7 heteroatoms. The number of ketones is 3. The standard InChI is InChI=1S/C34H23ClFNO4/c1-41-22-8-6-7-20(18-22)31(38)30-29(25-11-4-5-12-26(25)35)34(32(39)23-9-2-3-10-24(23)33(34)40)28-16-13-19-17-21(36)14-15-27(19)37(28)30/h2-18,28-30H,1H3/t28-,29-,30-/m0/s1. The van der Waals surface area contributed by atoms with Gasteiger partial charge in [-0.05, 0) is 42.0 Å². The average Bonchev–Trinajstić information content (AvgIpc) is 3.43. The van der Waals surface area contributed by atoms with Crippen molar-refractivity contribution >= 4 is 40.7 Å². The normalized spacial score (nSPS) is 21.5. The number of anilines is 1. The second kappa shape index (κ2) is 9.25. The van der Waals surface area contributed by atoms with Gasteiger partial charge >= 0.3 is 0 Å². The summed E-state index contributed by atoms with van der Waals surface area (Å²) in [5, 5.41) is 0.347. The lowest BCUT2D eigenvalue weighted by molar-refractivity contribution is 0.0666. The van der Waals surface area contributed by atoms with Crippen LogP contribution in [0.4, 0.5) is 10.1 Å². The zero-order valence-corrected chi connectivity index (χ0v) is 22.6. The maximum atomic E-state index is 14.7. The molecule has 0 aromatic heterocycles. The quantitative estimate of drug-likeness (QED) is 0.202. The van der Waals surface area contributed by atoms with E-state index >= 15 is 0 Å². The zero-order chi connectivity index (χ0) is 28.5. The van der Waals surface area contributed by atoms with Crippen LogP contribution in [-0.2, 0) is 0 Å². The number of benzene rings is 4. The van der Waals surface area contributed by atoms with Gasteiger partial charge in [-0.1, -0.05) is 78.4 Å². The number of fused-ring (bicyclic) bond motifs is 5. The molecule has 4 aromatic carbocycles. The number of carbonyl (C=O) groups excluding carboxylic acids is 3. The van der Waals surface area contributed by atoms with Gasteiger partial charge in [0.2, 0.25) is 0 Å². The minimum absolute atomic E-state index is 0.308. The summed E-state index contributed by atoms with van der Waals surface area (Å²) in [4.78, 5) is 45.8. The first-order valence-corrected chi connectivity index (χ1v) is 13.6. The molecule has 5 nitrogen and oxygen atoms in total. The molecular formula is C34H23ClFNO4. The van der Waals surface area contributed by atoms with Gasteiger partial charge in [-0.25, -0.2) is 4.39 Å². The molecule has 0 radical (unpaired) electrons. The summed E-state index contributed by atoms with van der Waals surface area (Å²) >= 11 is 6.81. The summed E-state index contributed by atoms with van der Waals surface area (Å²) in [5.41, 5.74) is 0.952. The van der Waals surface area contributed by atoms with Crippen molar-refractivity contribution in [3.05, 3.63) is 136 Å². The Hall–Kier alpha value is -4.55. The highest BCUT2D eigenvalue weighted by molar-refractivity contribution is 6.34. The number of nitrogens with zero attached hydrogens (tertiary/aromatic N) is 1. The Morgan fingerprint density at radius 2 is 1.61 bits per heavy atom. The highest BCUT2D eigenvalue weighted by Gasteiger charge is 2.71. The van der Waals surface area contributed by atoms with Crippen LogP contribution in [0.1, 0.15) is 48.1 Å². The third kappa shape index (κ3) is 3.44. The molecule has 1 saturated heterocycles. The van der Waals surface area contributed by atoms with Crippen LogP contribution >= 0.6 is 11.6 Å². The molecule has 1 fully saturated rings. The fourth-order valence-corrected chi connectivity index (χ4v) is 7.22. The van der Waals surface area contributed by atoms with Gasteiger partial charge < -0.3 is 9.64 Å². The first kappa shape index (κ1) is 25.4. The average molecular weight is 564 g/mol. The molecule has 0 saturated carbocycles. The second-order valence-electron chi connectivity index (χ2n) is 10.5. The first-order chi connectivity index (χ1) is 19.9. The van der Waals surface area contributed by atoms with Crippen LogP contribution in [0.3, 0.4) is 0 Å². The van der Waals surface area contributed by atoms with Crippen LogP contribution in [0.15, 0.2) is 97.1 Å². The summed E-state index contributed by atoms with van der Waals surface area (Å²) in [6.45, 7) is 0. The molecule has 1 spiro atoms. The number of methoxy groups -OCH3 is 1. The van der Waals surface area contributed by atoms with Crippen molar-refractivity contribution in [2.24, 2.45) is 5.41 Å². The molecule has 0 bridgehead atoms. The molecular weight excluding hydrogens is 541 g/mol. The molecule has 0 amide bonds. The Bertz CT molecular complexity index is 1780. The molecule has 41 heavy (non-hydrogen) atoms. The first-order valence-electron chi connectivity index (χ1n) is 13.3. The van der Waals surface area contributed by atoms with E-state index in [1.807, 2.05) is 4.90 Å². The molecule has 1 aliphatic carbocycles. The monoisotopic (exact) mass is 563 g/mol. The second-order valence-corrected chi connectivity index (χ2v) is 10.9. The summed E-state index contributed by atoms with van der Waals surface area (Å²) in [6.07, 6.45) is 3.49. The van der Waals surface area contributed by atoms with Crippen molar-refractivity contribution in [3.8, 4) is 5.75 Å². The number of Topliss-reactive ketones (excluding diaryl/α,β-unsaturated/α-hetero) is 3. The minimum Gasteiger partial charge on any atom is -0.497 e. The molecule has 4 aromatic rings. The van der Waals surface area contributed by atoms with Crippen molar-refractivity contribution < 1.29 is 23.5 Å². The van der Waals surface area contributed by atoms with Crippen molar-refractivity contribution in [2.45, 2.75) is 18.0 Å². The van der Waals surface area contributed by atoms with E-state index < -0.39 is 29.2 Å². The van der Waals surface area contributed by atoms with Crippen LogP contribution < -0.4 is 9.64 Å². The zero-order valence-electron chi connectivity index (χ0n) is 21.9. The Morgan fingerprint density at radius 1 is 0.902 bits per heavy atom. The van der Waals surface area contributed by atoms with E-state index in [0.29, 0.717) is 44.3 Å². The van der Waals surface area contributed by atoms with Crippen LogP contribution in [0, 0.1) is 11.2 Å². The Labute approximate surface area is 240 Å². The van der Waals surface area contributed by atoms with Crippen LogP contribution in [0.2, 0.25) is 5.02 Å². The molecule has 0 unspecified atom stereocenters. The van der Waals surface area contributed by atoms with Crippen LogP contribution in [0.5, 0.6) is 5.75 Å². The van der Waals surface area contributed by atoms with Gasteiger partial charge in [-0.15, -0.1) is 0 Å². The summed E-state index contributed by atoms with van der Waals surface area (Å²) < 4.78 is 19.8. The van der Waals surface area contributed by atoms with Gasteiger partial charge in [0.05, 0.1) is 13.2 Å². The molecule has 7 rings (SSSR count). The molecule has 202 valence electrons. The number of carbonyl (C=O) groups is 3. The fourth-order valence-electron chi connectivity index (χ4n) is 6.97. The maximum Gasteiger partial charge on any atom is 0.186 e. The summed E-state index contributed by atoms with van der Waals surface area (Å²) in [6, 6.07) is 23.1. The van der Waals surface area contributed by atoms with Crippen molar-refractivity contribution in [2.75, 3.05) is 12.0 Å². The van der Waals surface area contributed by atoms with E-state index in [1.165, 1.54) is 19.2 Å². The van der Waals surface area contributed by atoms with E-state index in [4.69, 9.17) is 16.3 Å². The Balaban J connectivity index is 1.56. The smallest absolute Gasteiger partial charge is 0.186 e. The van der Waals surface area contributed by atoms with Crippen molar-refractivity contribution in [1.29, 1.82) is 0 Å². The lowest BCUT2D eigenvalue weighted by Crippen LogP contribution is -2.48. The lowest BCUT2D eigenvalue weighted by Gasteiger charge is -2.37. The lowest BCUT2D eigenvalue weighted by atomic mass is 9.64. The number of halogens is 2. The molecule has 2 aliphatic heterocycles. The van der Waals surface area contributed by atoms with Gasteiger partial charge in [-0.2, -0.15) is 0 Å². The largest absolute Gasteiger partial charge is 0.497 e. The summed E-state index contributed by atoms with van der Waals surface area (Å²) in [5.74, 6) is -1.90. The fraction of sp³-hybridized carbons (Fsp3) is 0.147. The van der Waals surface area contributed by atoms with Crippen molar-refractivity contribution in [1.82, 2.24) is 0 Å². The maximum absolute atomic E-state index is 14.7. The molecule has 0 N–H and O–H groups in total. The highest BCUT2D eigenvalue weighted by Crippen LogP contribution is 2.61. The number of rotatable bonds is 4. The highest BCUT2D eigenvalue weighted by atomic mass is 35.5. The third-order valence-electron chi connectivity index (χ3n) is 8.63. The Morgan fingerprint density at radius 3 is 2.32 bits per heavy atom. The predicted octanol–water partition coefficient (Wildman–Crippen LogP) is 6.80. The topological polar surface area (TPSA) is 63.7 Å². The Kier molecular flexibility index (Phi) is 5.73. The third-order valence-corrected chi connectivity index (χ3v) is 8.97.